The maximum absolute atomic E-state index is 11.4. The Morgan fingerprint density at radius 2 is 1.46 bits per heavy atom. The minimum absolute atomic E-state index is 0.0553. The Morgan fingerprint density at radius 1 is 0.821 bits per heavy atom. The first-order valence-corrected chi connectivity index (χ1v) is 8.28. The molecule has 1 unspecified atom stereocenters. The van der Waals surface area contributed by atoms with Crippen molar-refractivity contribution in [2.75, 3.05) is 7.11 Å². The first-order chi connectivity index (χ1) is 13.5. The van der Waals surface area contributed by atoms with Gasteiger partial charge in [-0.2, -0.15) is 0 Å². The zero-order chi connectivity index (χ0) is 20.1. The van der Waals surface area contributed by atoms with Gasteiger partial charge in [0.25, 0.3) is 5.69 Å². The van der Waals surface area contributed by atoms with Gasteiger partial charge in [-0.05, 0) is 29.3 Å². The minimum atomic E-state index is -0.696. The van der Waals surface area contributed by atoms with E-state index in [0.717, 1.165) is 17.2 Å². The Kier molecular flexibility index (Phi) is 5.50. The lowest BCUT2D eigenvalue weighted by Crippen LogP contribution is -2.10. The van der Waals surface area contributed by atoms with Crippen LogP contribution in [0, 0.1) is 20.2 Å². The van der Waals surface area contributed by atoms with Crippen LogP contribution in [0.4, 0.5) is 11.4 Å². The monoisotopic (exact) mass is 380 g/mol. The van der Waals surface area contributed by atoms with Crippen LogP contribution in [0.3, 0.4) is 0 Å². The Balaban J connectivity index is 2.04. The van der Waals surface area contributed by atoms with Crippen molar-refractivity contribution in [1.82, 2.24) is 0 Å². The van der Waals surface area contributed by atoms with E-state index in [-0.39, 0.29) is 11.4 Å². The normalized spacial score (nSPS) is 11.5. The number of ether oxygens (including phenoxy) is 2. The molecule has 0 saturated heterocycles. The summed E-state index contributed by atoms with van der Waals surface area (Å²) in [6, 6.07) is 19.6. The Morgan fingerprint density at radius 3 is 2.04 bits per heavy atom. The Labute approximate surface area is 160 Å². The van der Waals surface area contributed by atoms with E-state index in [0.29, 0.717) is 5.75 Å². The van der Waals surface area contributed by atoms with Crippen LogP contribution >= 0.6 is 0 Å². The van der Waals surface area contributed by atoms with Crippen LogP contribution < -0.4 is 9.47 Å². The van der Waals surface area contributed by atoms with Gasteiger partial charge in [0.05, 0.1) is 23.0 Å². The topological polar surface area (TPSA) is 105 Å². The number of nitrogens with zero attached hydrogens (tertiary/aromatic N) is 2. The van der Waals surface area contributed by atoms with Crippen molar-refractivity contribution in [3.05, 3.63) is 104 Å². The van der Waals surface area contributed by atoms with Crippen molar-refractivity contribution in [3.63, 3.8) is 0 Å². The molecular weight excluding hydrogens is 364 g/mol. The SMILES string of the molecule is COc1ccc(C(Oc2ccc([N+](=O)[O-])cc2[N+](=O)[O-])c2ccccc2)cc1. The number of hydrogen-bond donors (Lipinski definition) is 0. The highest BCUT2D eigenvalue weighted by atomic mass is 16.6. The average Bonchev–Trinajstić information content (AvgIpc) is 2.72. The van der Waals surface area contributed by atoms with Crippen molar-refractivity contribution in [1.29, 1.82) is 0 Å². The fourth-order valence-electron chi connectivity index (χ4n) is 2.72. The smallest absolute Gasteiger partial charge is 0.317 e. The summed E-state index contributed by atoms with van der Waals surface area (Å²) in [6.07, 6.45) is -0.646. The summed E-state index contributed by atoms with van der Waals surface area (Å²) in [4.78, 5) is 21.0. The lowest BCUT2D eigenvalue weighted by atomic mass is 10.0. The van der Waals surface area contributed by atoms with Crippen LogP contribution in [0.5, 0.6) is 11.5 Å². The maximum atomic E-state index is 11.4. The predicted octanol–water partition coefficient (Wildman–Crippen LogP) is 4.68. The number of rotatable bonds is 7. The van der Waals surface area contributed by atoms with E-state index < -0.39 is 21.6 Å². The van der Waals surface area contributed by atoms with E-state index in [4.69, 9.17) is 9.47 Å². The summed E-state index contributed by atoms with van der Waals surface area (Å²) in [5.74, 6) is 0.608. The third kappa shape index (κ3) is 4.07. The molecule has 0 spiro atoms. The number of non-ortho nitro benzene ring substituents is 1. The Bertz CT molecular complexity index is 989. The van der Waals surface area contributed by atoms with E-state index in [9.17, 15) is 20.2 Å². The van der Waals surface area contributed by atoms with Gasteiger partial charge in [-0.25, -0.2) is 0 Å². The van der Waals surface area contributed by atoms with E-state index in [1.54, 1.807) is 31.4 Å². The van der Waals surface area contributed by atoms with Gasteiger partial charge < -0.3 is 9.47 Å². The summed E-state index contributed by atoms with van der Waals surface area (Å²) in [7, 11) is 1.56. The summed E-state index contributed by atoms with van der Waals surface area (Å²) >= 11 is 0. The van der Waals surface area contributed by atoms with E-state index in [1.807, 2.05) is 30.3 Å². The molecule has 0 N–H and O–H groups in total. The molecule has 142 valence electrons. The van der Waals surface area contributed by atoms with Crippen LogP contribution in [-0.4, -0.2) is 17.0 Å². The number of nitro benzene ring substituents is 2. The molecule has 0 aliphatic carbocycles. The molecule has 3 aromatic rings. The number of methoxy groups -OCH3 is 1. The van der Waals surface area contributed by atoms with Gasteiger partial charge in [0.2, 0.25) is 0 Å². The minimum Gasteiger partial charge on any atom is -0.497 e. The molecule has 1 atom stereocenters. The molecule has 0 radical (unpaired) electrons. The Hall–Kier alpha value is -3.94. The second-order valence-electron chi connectivity index (χ2n) is 5.85. The van der Waals surface area contributed by atoms with Gasteiger partial charge in [-0.1, -0.05) is 42.5 Å². The van der Waals surface area contributed by atoms with Gasteiger partial charge in [0.15, 0.2) is 5.75 Å². The molecule has 0 aliphatic heterocycles. The molecule has 3 rings (SSSR count). The molecule has 0 aromatic heterocycles. The van der Waals surface area contributed by atoms with Crippen LogP contribution in [0.1, 0.15) is 17.2 Å². The molecular formula is C20H16N2O6. The highest BCUT2D eigenvalue weighted by Crippen LogP contribution is 2.36. The summed E-state index contributed by atoms with van der Waals surface area (Å²) in [5.41, 5.74) is 0.684. The standard InChI is InChI=1S/C20H16N2O6/c1-27-17-10-7-15(8-11-17)20(14-5-3-2-4-6-14)28-19-12-9-16(21(23)24)13-18(19)22(25)26/h2-13,20H,1H3. The van der Waals surface area contributed by atoms with E-state index in [2.05, 4.69) is 0 Å². The first kappa shape index (κ1) is 18.8. The number of hydrogen-bond acceptors (Lipinski definition) is 6. The summed E-state index contributed by atoms with van der Waals surface area (Å²) in [5, 5.41) is 22.4. The van der Waals surface area contributed by atoms with Gasteiger partial charge >= 0.3 is 5.69 Å². The fourth-order valence-corrected chi connectivity index (χ4v) is 2.72. The summed E-state index contributed by atoms with van der Waals surface area (Å²) < 4.78 is 11.1. The number of benzene rings is 3. The largest absolute Gasteiger partial charge is 0.497 e. The molecule has 0 amide bonds. The van der Waals surface area contributed by atoms with Crippen LogP contribution in [0.15, 0.2) is 72.8 Å². The molecule has 28 heavy (non-hydrogen) atoms. The fraction of sp³-hybridized carbons (Fsp3) is 0.100. The van der Waals surface area contributed by atoms with E-state index in [1.165, 1.54) is 12.1 Å². The zero-order valence-electron chi connectivity index (χ0n) is 14.8. The highest BCUT2D eigenvalue weighted by Gasteiger charge is 2.25. The molecule has 0 bridgehead atoms. The van der Waals surface area contributed by atoms with Gasteiger partial charge in [-0.3, -0.25) is 20.2 Å². The van der Waals surface area contributed by atoms with Gasteiger partial charge in [0, 0.05) is 6.07 Å². The van der Waals surface area contributed by atoms with Crippen molar-refractivity contribution < 1.29 is 19.3 Å². The van der Waals surface area contributed by atoms with Gasteiger partial charge in [-0.15, -0.1) is 0 Å². The van der Waals surface area contributed by atoms with Gasteiger partial charge in [0.1, 0.15) is 11.9 Å². The van der Waals surface area contributed by atoms with Crippen molar-refractivity contribution in [2.24, 2.45) is 0 Å². The first-order valence-electron chi connectivity index (χ1n) is 8.28. The molecule has 3 aromatic carbocycles. The molecule has 0 fully saturated rings. The van der Waals surface area contributed by atoms with Crippen LogP contribution in [0.25, 0.3) is 0 Å². The third-order valence-corrected chi connectivity index (χ3v) is 4.12. The molecule has 0 saturated carbocycles. The lowest BCUT2D eigenvalue weighted by Gasteiger charge is -2.20. The molecule has 0 heterocycles. The number of nitro groups is 2. The van der Waals surface area contributed by atoms with Crippen LogP contribution in [-0.2, 0) is 0 Å². The quantitative estimate of drug-likeness (QED) is 0.435. The maximum Gasteiger partial charge on any atom is 0.317 e. The van der Waals surface area contributed by atoms with Crippen LogP contribution in [0.2, 0.25) is 0 Å². The molecule has 8 heteroatoms. The second kappa shape index (κ2) is 8.17. The average molecular weight is 380 g/mol. The van der Waals surface area contributed by atoms with Crippen molar-refractivity contribution in [3.8, 4) is 11.5 Å². The highest BCUT2D eigenvalue weighted by molar-refractivity contribution is 5.54. The summed E-state index contributed by atoms with van der Waals surface area (Å²) in [6.45, 7) is 0. The van der Waals surface area contributed by atoms with Crippen molar-refractivity contribution in [2.45, 2.75) is 6.10 Å². The molecule has 8 nitrogen and oxygen atoms in total. The van der Waals surface area contributed by atoms with Crippen molar-refractivity contribution >= 4 is 11.4 Å². The van der Waals surface area contributed by atoms with E-state index >= 15 is 0 Å². The predicted molar refractivity (Wildman–Crippen MR) is 102 cm³/mol. The zero-order valence-corrected chi connectivity index (χ0v) is 14.8. The third-order valence-electron chi connectivity index (χ3n) is 4.12. The molecule has 0 aliphatic rings. The lowest BCUT2D eigenvalue weighted by molar-refractivity contribution is -0.394. The second-order valence-corrected chi connectivity index (χ2v) is 5.85.